The predicted octanol–water partition coefficient (Wildman–Crippen LogP) is 8.38. The van der Waals surface area contributed by atoms with Crippen LogP contribution < -0.4 is 0 Å². The summed E-state index contributed by atoms with van der Waals surface area (Å²) in [5.41, 5.74) is 9.31. The Hall–Kier alpha value is -4.37. The quantitative estimate of drug-likeness (QED) is 0.251. The molecule has 0 spiro atoms. The van der Waals surface area contributed by atoms with E-state index in [2.05, 4.69) is 91.2 Å². The fourth-order valence-electron chi connectivity index (χ4n) is 6.23. The van der Waals surface area contributed by atoms with Gasteiger partial charge in [0.15, 0.2) is 5.58 Å². The number of benzene rings is 5. The van der Waals surface area contributed by atoms with Gasteiger partial charge in [-0.2, -0.15) is 4.98 Å². The summed E-state index contributed by atoms with van der Waals surface area (Å²) in [5.74, 6) is 0. The van der Waals surface area contributed by atoms with Crippen LogP contribution in [-0.2, 0) is 5.41 Å². The third-order valence-electron chi connectivity index (χ3n) is 7.84. The number of nitrogens with zero attached hydrogens (tertiary/aromatic N) is 2. The fourth-order valence-corrected chi connectivity index (χ4v) is 6.23. The summed E-state index contributed by atoms with van der Waals surface area (Å²) < 4.78 is 8.45. The van der Waals surface area contributed by atoms with E-state index >= 15 is 0 Å². The third kappa shape index (κ3) is 2.33. The van der Waals surface area contributed by atoms with E-state index in [0.717, 1.165) is 22.1 Å². The first kappa shape index (κ1) is 19.0. The molecule has 1 aliphatic rings. The van der Waals surface area contributed by atoms with Crippen LogP contribution in [0, 0.1) is 0 Å². The lowest BCUT2D eigenvalue weighted by Gasteiger charge is -2.21. The number of aromatic nitrogens is 2. The molecule has 7 aromatic rings. The van der Waals surface area contributed by atoms with Gasteiger partial charge < -0.3 is 4.42 Å². The molecule has 8 rings (SSSR count). The molecular weight excluding hydrogens is 428 g/mol. The summed E-state index contributed by atoms with van der Waals surface area (Å²) in [5, 5.41) is 5.03. The Kier molecular flexibility index (Phi) is 3.47. The highest BCUT2D eigenvalue weighted by molar-refractivity contribution is 6.25. The van der Waals surface area contributed by atoms with Gasteiger partial charge in [0.25, 0.3) is 0 Å². The van der Waals surface area contributed by atoms with Crippen LogP contribution in [0.2, 0.25) is 0 Å². The number of hydrogen-bond donors (Lipinski definition) is 0. The van der Waals surface area contributed by atoms with Crippen molar-refractivity contribution in [1.29, 1.82) is 0 Å². The molecule has 2 aromatic heterocycles. The molecule has 0 unspecified atom stereocenters. The molecule has 2 heterocycles. The van der Waals surface area contributed by atoms with Crippen molar-refractivity contribution in [3.8, 4) is 17.1 Å². The zero-order chi connectivity index (χ0) is 23.3. The van der Waals surface area contributed by atoms with Gasteiger partial charge in [0.2, 0.25) is 0 Å². The summed E-state index contributed by atoms with van der Waals surface area (Å²) >= 11 is 0. The van der Waals surface area contributed by atoms with E-state index < -0.39 is 0 Å². The van der Waals surface area contributed by atoms with Gasteiger partial charge in [0.05, 0.1) is 11.0 Å². The maximum atomic E-state index is 6.27. The van der Waals surface area contributed by atoms with Crippen molar-refractivity contribution in [1.82, 2.24) is 9.55 Å². The number of fused-ring (bicyclic) bond motifs is 10. The Balaban J connectivity index is 1.59. The van der Waals surface area contributed by atoms with Gasteiger partial charge in [-0.1, -0.05) is 86.6 Å². The summed E-state index contributed by atoms with van der Waals surface area (Å²) in [6, 6.07) is 35.1. The van der Waals surface area contributed by atoms with Crippen molar-refractivity contribution in [2.75, 3.05) is 0 Å². The molecular formula is C32H22N2O. The van der Waals surface area contributed by atoms with E-state index in [1.807, 2.05) is 24.3 Å². The van der Waals surface area contributed by atoms with Crippen molar-refractivity contribution in [2.24, 2.45) is 0 Å². The molecule has 3 nitrogen and oxygen atoms in total. The average Bonchev–Trinajstić information content (AvgIpc) is 3.52. The molecule has 0 aliphatic heterocycles. The minimum Gasteiger partial charge on any atom is -0.423 e. The zero-order valence-corrected chi connectivity index (χ0v) is 19.5. The lowest BCUT2D eigenvalue weighted by atomic mass is 9.82. The van der Waals surface area contributed by atoms with Gasteiger partial charge in [-0.05, 0) is 57.3 Å². The first-order chi connectivity index (χ1) is 17.1. The number of para-hydroxylation sites is 3. The fraction of sp³-hybridized carbons (Fsp3) is 0.0938. The van der Waals surface area contributed by atoms with Crippen molar-refractivity contribution < 1.29 is 4.42 Å². The van der Waals surface area contributed by atoms with E-state index in [9.17, 15) is 0 Å². The van der Waals surface area contributed by atoms with E-state index in [-0.39, 0.29) is 5.41 Å². The SMILES string of the molecule is CC1(C)c2ccccc2-c2c1ccc1ccc3c(c4ccccc4n3-c3nc4ccccc4o3)c21. The molecule has 0 saturated heterocycles. The van der Waals surface area contributed by atoms with Crippen LogP contribution in [0.4, 0.5) is 0 Å². The highest BCUT2D eigenvalue weighted by atomic mass is 16.4. The van der Waals surface area contributed by atoms with Crippen molar-refractivity contribution in [3.63, 3.8) is 0 Å². The Morgan fingerprint density at radius 1 is 0.686 bits per heavy atom. The molecule has 1 aliphatic carbocycles. The van der Waals surface area contributed by atoms with E-state index in [0.29, 0.717) is 6.01 Å². The van der Waals surface area contributed by atoms with Gasteiger partial charge in [0, 0.05) is 16.2 Å². The first-order valence-corrected chi connectivity index (χ1v) is 12.1. The molecule has 0 radical (unpaired) electrons. The first-order valence-electron chi connectivity index (χ1n) is 12.1. The molecule has 0 amide bonds. The Labute approximate surface area is 202 Å². The molecule has 35 heavy (non-hydrogen) atoms. The average molecular weight is 451 g/mol. The van der Waals surface area contributed by atoms with Crippen LogP contribution in [0.5, 0.6) is 0 Å². The highest BCUT2D eigenvalue weighted by Crippen LogP contribution is 2.53. The van der Waals surface area contributed by atoms with E-state index in [4.69, 9.17) is 9.40 Å². The minimum atomic E-state index is -0.0407. The summed E-state index contributed by atoms with van der Waals surface area (Å²) in [7, 11) is 0. The molecule has 166 valence electrons. The van der Waals surface area contributed by atoms with Crippen molar-refractivity contribution in [3.05, 3.63) is 108 Å². The topological polar surface area (TPSA) is 31.0 Å². The Morgan fingerprint density at radius 3 is 2.37 bits per heavy atom. The highest BCUT2D eigenvalue weighted by Gasteiger charge is 2.36. The lowest BCUT2D eigenvalue weighted by Crippen LogP contribution is -2.14. The predicted molar refractivity (Wildman–Crippen MR) is 143 cm³/mol. The van der Waals surface area contributed by atoms with Gasteiger partial charge >= 0.3 is 6.01 Å². The normalized spacial score (nSPS) is 14.2. The second-order valence-electron chi connectivity index (χ2n) is 10.0. The molecule has 0 atom stereocenters. The van der Waals surface area contributed by atoms with Crippen LogP contribution in [0.3, 0.4) is 0 Å². The minimum absolute atomic E-state index is 0.0407. The summed E-state index contributed by atoms with van der Waals surface area (Å²) in [6.07, 6.45) is 0. The molecule has 3 heteroatoms. The van der Waals surface area contributed by atoms with Crippen LogP contribution in [0.25, 0.3) is 60.8 Å². The molecule has 0 bridgehead atoms. The Bertz CT molecular complexity index is 1950. The van der Waals surface area contributed by atoms with E-state index in [1.54, 1.807) is 0 Å². The lowest BCUT2D eigenvalue weighted by molar-refractivity contribution is 0.574. The summed E-state index contributed by atoms with van der Waals surface area (Å²) in [6.45, 7) is 4.68. The maximum absolute atomic E-state index is 6.27. The molecule has 5 aromatic carbocycles. The van der Waals surface area contributed by atoms with Crippen molar-refractivity contribution >= 4 is 43.7 Å². The molecule has 0 saturated carbocycles. The third-order valence-corrected chi connectivity index (χ3v) is 7.84. The zero-order valence-electron chi connectivity index (χ0n) is 19.5. The second-order valence-corrected chi connectivity index (χ2v) is 10.0. The second kappa shape index (κ2) is 6.39. The number of hydrogen-bond acceptors (Lipinski definition) is 2. The largest absolute Gasteiger partial charge is 0.423 e. The van der Waals surface area contributed by atoms with Crippen LogP contribution >= 0.6 is 0 Å². The van der Waals surface area contributed by atoms with Gasteiger partial charge in [-0.25, -0.2) is 0 Å². The van der Waals surface area contributed by atoms with Gasteiger partial charge in [0.1, 0.15) is 5.52 Å². The summed E-state index contributed by atoms with van der Waals surface area (Å²) in [4.78, 5) is 4.86. The van der Waals surface area contributed by atoms with Crippen LogP contribution in [0.1, 0.15) is 25.0 Å². The van der Waals surface area contributed by atoms with Crippen LogP contribution in [0.15, 0.2) is 101 Å². The van der Waals surface area contributed by atoms with Crippen molar-refractivity contribution in [2.45, 2.75) is 19.3 Å². The molecule has 0 N–H and O–H groups in total. The number of oxazole rings is 1. The van der Waals surface area contributed by atoms with Gasteiger partial charge in [-0.15, -0.1) is 0 Å². The molecule has 0 fully saturated rings. The monoisotopic (exact) mass is 450 g/mol. The maximum Gasteiger partial charge on any atom is 0.307 e. The van der Waals surface area contributed by atoms with Crippen LogP contribution in [-0.4, -0.2) is 9.55 Å². The van der Waals surface area contributed by atoms with E-state index in [1.165, 1.54) is 43.8 Å². The Morgan fingerprint density at radius 2 is 1.46 bits per heavy atom. The standard InChI is InChI=1S/C32H22N2O/c1-32(2)22-11-5-3-9-20(22)29-23(32)17-15-19-16-18-26-30(28(19)29)21-10-4-7-13-25(21)34(26)31-33-24-12-6-8-14-27(24)35-31/h3-18H,1-2H3. The number of rotatable bonds is 1. The van der Waals surface area contributed by atoms with Gasteiger partial charge in [-0.3, -0.25) is 4.57 Å². The smallest absolute Gasteiger partial charge is 0.307 e.